The summed E-state index contributed by atoms with van der Waals surface area (Å²) < 4.78 is 23.4. The Balaban J connectivity index is 1.45. The van der Waals surface area contributed by atoms with Gasteiger partial charge in [0.05, 0.1) is 23.9 Å². The predicted molar refractivity (Wildman–Crippen MR) is 114 cm³/mol. The Kier molecular flexibility index (Phi) is 6.49. The molecule has 7 heteroatoms. The molecule has 0 spiro atoms. The molecule has 6 nitrogen and oxygen atoms in total. The summed E-state index contributed by atoms with van der Waals surface area (Å²) in [6.45, 7) is 14.1. The van der Waals surface area contributed by atoms with Crippen molar-refractivity contribution in [2.75, 3.05) is 19.7 Å². The number of ether oxygens (including phenoxy) is 2. The molecule has 0 bridgehead atoms. The number of carbonyl (C=O) groups is 1. The number of carbonyl (C=O) groups excluding carboxylic acids is 1. The van der Waals surface area contributed by atoms with Crippen LogP contribution in [0.25, 0.3) is 0 Å². The monoisotopic (exact) mass is 403 g/mol. The number of hydrogen-bond acceptors (Lipinski definition) is 5. The molecule has 2 heterocycles. The van der Waals surface area contributed by atoms with Crippen LogP contribution in [-0.2, 0) is 14.0 Å². The van der Waals surface area contributed by atoms with Crippen LogP contribution in [0.15, 0.2) is 24.3 Å². The molecule has 2 aliphatic rings. The minimum atomic E-state index is -0.357. The minimum absolute atomic E-state index is 0.0799. The van der Waals surface area contributed by atoms with E-state index in [9.17, 15) is 4.79 Å². The van der Waals surface area contributed by atoms with Gasteiger partial charge in [0.25, 0.3) is 0 Å². The van der Waals surface area contributed by atoms with Gasteiger partial charge in [-0.05, 0) is 77.9 Å². The van der Waals surface area contributed by atoms with E-state index in [1.165, 1.54) is 0 Å². The van der Waals surface area contributed by atoms with E-state index >= 15 is 0 Å². The van der Waals surface area contributed by atoms with Crippen molar-refractivity contribution in [1.82, 2.24) is 4.90 Å². The average Bonchev–Trinajstić information content (AvgIpc) is 2.87. The Morgan fingerprint density at radius 3 is 2.17 bits per heavy atom. The van der Waals surface area contributed by atoms with E-state index in [0.29, 0.717) is 12.5 Å². The molecule has 1 amide bonds. The number of rotatable bonds is 5. The maximum absolute atomic E-state index is 12.0. The smallest absolute Gasteiger partial charge is 0.493 e. The lowest BCUT2D eigenvalue weighted by atomic mass is 9.79. The van der Waals surface area contributed by atoms with Crippen LogP contribution < -0.4 is 10.2 Å². The van der Waals surface area contributed by atoms with Gasteiger partial charge in [-0.25, -0.2) is 4.79 Å². The number of hydrogen-bond donors (Lipinski definition) is 0. The van der Waals surface area contributed by atoms with Gasteiger partial charge in [0.15, 0.2) is 0 Å². The molecule has 2 aliphatic heterocycles. The van der Waals surface area contributed by atoms with Gasteiger partial charge in [0.2, 0.25) is 0 Å². The van der Waals surface area contributed by atoms with E-state index < -0.39 is 0 Å². The Labute approximate surface area is 175 Å². The third-order valence-electron chi connectivity index (χ3n) is 6.10. The summed E-state index contributed by atoms with van der Waals surface area (Å²) in [6.07, 6.45) is 1.57. The number of piperidine rings is 1. The number of nitrogens with zero attached hydrogens (tertiary/aromatic N) is 1. The molecule has 2 saturated heterocycles. The van der Waals surface area contributed by atoms with Crippen LogP contribution in [0.2, 0.25) is 0 Å². The van der Waals surface area contributed by atoms with Crippen LogP contribution in [0, 0.1) is 5.92 Å². The molecule has 0 aliphatic carbocycles. The van der Waals surface area contributed by atoms with Gasteiger partial charge in [0, 0.05) is 13.1 Å². The quantitative estimate of drug-likeness (QED) is 0.703. The van der Waals surface area contributed by atoms with E-state index in [-0.39, 0.29) is 30.5 Å². The van der Waals surface area contributed by atoms with Crippen molar-refractivity contribution in [1.29, 1.82) is 0 Å². The predicted octanol–water partition coefficient (Wildman–Crippen LogP) is 3.62. The Morgan fingerprint density at radius 2 is 1.66 bits per heavy atom. The van der Waals surface area contributed by atoms with Gasteiger partial charge in [-0.1, -0.05) is 12.1 Å². The molecule has 3 rings (SSSR count). The highest BCUT2D eigenvalue weighted by atomic mass is 16.7. The van der Waals surface area contributed by atoms with Gasteiger partial charge in [0.1, 0.15) is 5.75 Å². The molecule has 0 radical (unpaired) electrons. The normalized spacial score (nSPS) is 21.5. The summed E-state index contributed by atoms with van der Waals surface area (Å²) in [6, 6.07) is 7.94. The van der Waals surface area contributed by atoms with Crippen LogP contribution in [0.5, 0.6) is 5.75 Å². The maximum atomic E-state index is 12.0. The molecule has 29 heavy (non-hydrogen) atoms. The van der Waals surface area contributed by atoms with E-state index in [0.717, 1.165) is 37.1 Å². The van der Waals surface area contributed by atoms with Crippen LogP contribution in [0.3, 0.4) is 0 Å². The molecule has 160 valence electrons. The molecular formula is C22H34BNO5. The van der Waals surface area contributed by atoms with Crippen molar-refractivity contribution in [3.8, 4) is 5.75 Å². The number of benzene rings is 1. The topological polar surface area (TPSA) is 57.2 Å². The highest BCUT2D eigenvalue weighted by Gasteiger charge is 2.51. The highest BCUT2D eigenvalue weighted by Crippen LogP contribution is 2.36. The van der Waals surface area contributed by atoms with Crippen molar-refractivity contribution in [2.24, 2.45) is 5.92 Å². The first kappa shape index (κ1) is 22.0. The summed E-state index contributed by atoms with van der Waals surface area (Å²) in [7, 11) is -0.357. The highest BCUT2D eigenvalue weighted by molar-refractivity contribution is 6.62. The molecule has 0 atom stereocenters. The first-order valence-corrected chi connectivity index (χ1v) is 10.6. The Bertz CT molecular complexity index is 680. The second-order valence-electron chi connectivity index (χ2n) is 9.33. The molecule has 0 aromatic heterocycles. The molecule has 0 saturated carbocycles. The van der Waals surface area contributed by atoms with E-state index in [1.54, 1.807) is 4.90 Å². The molecule has 0 N–H and O–H groups in total. The fourth-order valence-electron chi connectivity index (χ4n) is 3.47. The van der Waals surface area contributed by atoms with Crippen molar-refractivity contribution in [3.05, 3.63) is 24.3 Å². The van der Waals surface area contributed by atoms with Crippen molar-refractivity contribution in [3.63, 3.8) is 0 Å². The van der Waals surface area contributed by atoms with Crippen LogP contribution in [0.4, 0.5) is 4.79 Å². The number of likely N-dealkylation sites (tertiary alicyclic amines) is 1. The van der Waals surface area contributed by atoms with Crippen molar-refractivity contribution in [2.45, 2.75) is 71.7 Å². The van der Waals surface area contributed by atoms with Gasteiger partial charge >= 0.3 is 13.2 Å². The summed E-state index contributed by atoms with van der Waals surface area (Å²) in [5.41, 5.74) is 0.306. The van der Waals surface area contributed by atoms with E-state index in [4.69, 9.17) is 18.8 Å². The molecule has 2 fully saturated rings. The lowest BCUT2D eigenvalue weighted by Gasteiger charge is -2.32. The van der Waals surface area contributed by atoms with Gasteiger partial charge in [-0.3, -0.25) is 0 Å². The van der Waals surface area contributed by atoms with Gasteiger partial charge in [-0.2, -0.15) is 0 Å². The second-order valence-corrected chi connectivity index (χ2v) is 9.33. The van der Waals surface area contributed by atoms with Crippen LogP contribution in [0.1, 0.15) is 54.4 Å². The summed E-state index contributed by atoms with van der Waals surface area (Å²) in [5, 5.41) is 0. The van der Waals surface area contributed by atoms with Gasteiger partial charge in [-0.15, -0.1) is 0 Å². The van der Waals surface area contributed by atoms with Crippen LogP contribution in [-0.4, -0.2) is 55.1 Å². The first-order valence-electron chi connectivity index (χ1n) is 10.6. The average molecular weight is 403 g/mol. The van der Waals surface area contributed by atoms with Crippen molar-refractivity contribution < 1.29 is 23.6 Å². The zero-order chi connectivity index (χ0) is 21.2. The third kappa shape index (κ3) is 5.26. The molecular weight excluding hydrogens is 369 g/mol. The fraction of sp³-hybridized carbons (Fsp3) is 0.682. The largest absolute Gasteiger partial charge is 0.494 e. The second kappa shape index (κ2) is 8.56. The SMILES string of the molecule is CC(C)OC(=O)N1CCC(COc2ccc(B3OC(C)(C)C(C)(C)O3)cc2)CC1. The van der Waals surface area contributed by atoms with Crippen LogP contribution >= 0.6 is 0 Å². The molecule has 1 aromatic rings. The summed E-state index contributed by atoms with van der Waals surface area (Å²) >= 11 is 0. The summed E-state index contributed by atoms with van der Waals surface area (Å²) in [4.78, 5) is 13.8. The lowest BCUT2D eigenvalue weighted by Crippen LogP contribution is -2.41. The Morgan fingerprint density at radius 1 is 1.10 bits per heavy atom. The fourth-order valence-corrected chi connectivity index (χ4v) is 3.47. The zero-order valence-corrected chi connectivity index (χ0v) is 18.6. The van der Waals surface area contributed by atoms with Gasteiger partial charge < -0.3 is 23.7 Å². The maximum Gasteiger partial charge on any atom is 0.494 e. The lowest BCUT2D eigenvalue weighted by molar-refractivity contribution is 0.00578. The summed E-state index contributed by atoms with van der Waals surface area (Å²) in [5.74, 6) is 1.28. The standard InChI is InChI=1S/C22H34BNO5/c1-16(2)27-20(25)24-13-11-17(12-14-24)15-26-19-9-7-18(8-10-19)23-28-21(3,4)22(5,6)29-23/h7-10,16-17H,11-15H2,1-6H3. The third-order valence-corrected chi connectivity index (χ3v) is 6.10. The van der Waals surface area contributed by atoms with E-state index in [1.807, 2.05) is 38.1 Å². The number of amides is 1. The minimum Gasteiger partial charge on any atom is -0.493 e. The Hall–Kier alpha value is -1.73. The first-order chi connectivity index (χ1) is 13.6. The molecule has 1 aromatic carbocycles. The van der Waals surface area contributed by atoms with Crippen molar-refractivity contribution >= 4 is 18.7 Å². The molecule has 0 unspecified atom stereocenters. The van der Waals surface area contributed by atoms with E-state index in [2.05, 4.69) is 27.7 Å². The zero-order valence-electron chi connectivity index (χ0n) is 18.6.